The van der Waals surface area contributed by atoms with Crippen molar-refractivity contribution in [2.45, 2.75) is 6.54 Å². The zero-order valence-corrected chi connectivity index (χ0v) is 16.9. The number of hydrogen-bond donors (Lipinski definition) is 1. The van der Waals surface area contributed by atoms with E-state index in [1.165, 1.54) is 7.11 Å². The molecule has 8 heteroatoms. The summed E-state index contributed by atoms with van der Waals surface area (Å²) in [6.07, 6.45) is 0. The lowest BCUT2D eigenvalue weighted by Crippen LogP contribution is -2.40. The van der Waals surface area contributed by atoms with E-state index in [9.17, 15) is 4.79 Å². The van der Waals surface area contributed by atoms with Crippen LogP contribution in [-0.2, 0) is 16.0 Å². The van der Waals surface area contributed by atoms with Crippen LogP contribution in [0.1, 0.15) is 16.1 Å². The molecule has 0 aliphatic carbocycles. The number of carbonyl (C=O) groups is 1. The molecule has 1 N–H and O–H groups in total. The van der Waals surface area contributed by atoms with E-state index in [4.69, 9.17) is 13.9 Å². The van der Waals surface area contributed by atoms with Crippen LogP contribution in [0.3, 0.4) is 0 Å². The minimum absolute atomic E-state index is 0. The Kier molecular flexibility index (Phi) is 10.4. The van der Waals surface area contributed by atoms with Gasteiger partial charge in [0.1, 0.15) is 11.5 Å². The topological polar surface area (TPSA) is 63.9 Å². The number of methoxy groups -OCH3 is 1. The van der Waals surface area contributed by atoms with E-state index < -0.39 is 0 Å². The van der Waals surface area contributed by atoms with Gasteiger partial charge in [0.05, 0.1) is 32.4 Å². The molecular formula is C19H26Cl2N2O4. The maximum atomic E-state index is 11.5. The van der Waals surface area contributed by atoms with E-state index in [-0.39, 0.29) is 30.8 Å². The van der Waals surface area contributed by atoms with Gasteiger partial charge in [0.15, 0.2) is 0 Å². The third-order valence-electron chi connectivity index (χ3n) is 4.26. The molecule has 1 aliphatic heterocycles. The van der Waals surface area contributed by atoms with Gasteiger partial charge in [0.2, 0.25) is 0 Å². The van der Waals surface area contributed by atoms with Crippen LogP contribution in [0.15, 0.2) is 40.8 Å². The van der Waals surface area contributed by atoms with Crippen LogP contribution in [0.2, 0.25) is 0 Å². The lowest BCUT2D eigenvalue weighted by atomic mass is 10.1. The van der Waals surface area contributed by atoms with Gasteiger partial charge in [-0.15, -0.1) is 24.8 Å². The zero-order valence-electron chi connectivity index (χ0n) is 15.3. The predicted octanol–water partition coefficient (Wildman–Crippen LogP) is 3.00. The quantitative estimate of drug-likeness (QED) is 0.552. The molecule has 0 unspecified atom stereocenters. The van der Waals surface area contributed by atoms with E-state index in [0.717, 1.165) is 56.5 Å². The second-order valence-electron chi connectivity index (χ2n) is 5.97. The molecule has 2 aromatic rings. The molecule has 1 fully saturated rings. The van der Waals surface area contributed by atoms with Crippen LogP contribution in [0.25, 0.3) is 11.3 Å². The molecule has 0 atom stereocenters. The Morgan fingerprint density at radius 3 is 2.48 bits per heavy atom. The fourth-order valence-corrected chi connectivity index (χ4v) is 2.79. The van der Waals surface area contributed by atoms with Crippen LogP contribution in [0, 0.1) is 0 Å². The van der Waals surface area contributed by atoms with Gasteiger partial charge in [-0.1, -0.05) is 12.1 Å². The van der Waals surface area contributed by atoms with Crippen molar-refractivity contribution in [1.82, 2.24) is 10.2 Å². The lowest BCUT2D eigenvalue weighted by Gasteiger charge is -2.26. The van der Waals surface area contributed by atoms with Crippen LogP contribution in [0.4, 0.5) is 0 Å². The smallest absolute Gasteiger partial charge is 0.337 e. The molecule has 150 valence electrons. The van der Waals surface area contributed by atoms with Crippen molar-refractivity contribution in [3.8, 4) is 11.3 Å². The Balaban J connectivity index is 0.00000182. The van der Waals surface area contributed by atoms with Gasteiger partial charge >= 0.3 is 5.97 Å². The van der Waals surface area contributed by atoms with Crippen molar-refractivity contribution in [1.29, 1.82) is 0 Å². The first-order valence-corrected chi connectivity index (χ1v) is 8.54. The predicted molar refractivity (Wildman–Crippen MR) is 109 cm³/mol. The lowest BCUT2D eigenvalue weighted by molar-refractivity contribution is 0.0383. The monoisotopic (exact) mass is 416 g/mol. The number of esters is 1. The highest BCUT2D eigenvalue weighted by atomic mass is 35.5. The standard InChI is InChI=1S/C19H24N2O4.2ClH/c1-23-19(22)16-4-2-15(3-5-16)18-7-6-17(25-18)14-20-8-9-21-10-12-24-13-11-21;;/h2-7,20H,8-14H2,1H3;2*1H. The van der Waals surface area contributed by atoms with Gasteiger partial charge in [0.25, 0.3) is 0 Å². The summed E-state index contributed by atoms with van der Waals surface area (Å²) in [4.78, 5) is 13.9. The van der Waals surface area contributed by atoms with E-state index in [1.54, 1.807) is 12.1 Å². The number of furan rings is 1. The first-order valence-electron chi connectivity index (χ1n) is 8.54. The second-order valence-corrected chi connectivity index (χ2v) is 5.97. The number of hydrogen-bond acceptors (Lipinski definition) is 6. The summed E-state index contributed by atoms with van der Waals surface area (Å²) in [5.41, 5.74) is 1.47. The van der Waals surface area contributed by atoms with Crippen LogP contribution in [0.5, 0.6) is 0 Å². The number of rotatable bonds is 7. The number of nitrogens with zero attached hydrogens (tertiary/aromatic N) is 1. The normalized spacial score (nSPS) is 14.1. The van der Waals surface area contributed by atoms with Crippen LogP contribution in [-0.4, -0.2) is 57.4 Å². The molecule has 1 aromatic heterocycles. The fourth-order valence-electron chi connectivity index (χ4n) is 2.79. The molecule has 0 bridgehead atoms. The summed E-state index contributed by atoms with van der Waals surface area (Å²) in [6.45, 7) is 6.31. The van der Waals surface area contributed by atoms with Crippen molar-refractivity contribution < 1.29 is 18.7 Å². The first kappa shape index (κ1) is 23.5. The average Bonchev–Trinajstić information content (AvgIpc) is 3.14. The Bertz CT molecular complexity index is 685. The summed E-state index contributed by atoms with van der Waals surface area (Å²) in [7, 11) is 1.38. The highest BCUT2D eigenvalue weighted by molar-refractivity contribution is 5.89. The molecular weight excluding hydrogens is 391 g/mol. The van der Waals surface area contributed by atoms with Gasteiger partial charge in [-0.25, -0.2) is 4.79 Å². The largest absolute Gasteiger partial charge is 0.465 e. The van der Waals surface area contributed by atoms with Gasteiger partial charge in [-0.05, 0) is 24.3 Å². The zero-order chi connectivity index (χ0) is 17.5. The van der Waals surface area contributed by atoms with E-state index >= 15 is 0 Å². The molecule has 0 saturated carbocycles. The summed E-state index contributed by atoms with van der Waals surface area (Å²) < 4.78 is 15.9. The highest BCUT2D eigenvalue weighted by Crippen LogP contribution is 2.22. The molecule has 27 heavy (non-hydrogen) atoms. The van der Waals surface area contributed by atoms with Crippen molar-refractivity contribution in [3.63, 3.8) is 0 Å². The Hall–Kier alpha value is -1.57. The molecule has 0 spiro atoms. The molecule has 0 radical (unpaired) electrons. The van der Waals surface area contributed by atoms with Crippen molar-refractivity contribution in [2.75, 3.05) is 46.5 Å². The van der Waals surface area contributed by atoms with Crippen molar-refractivity contribution >= 4 is 30.8 Å². The van der Waals surface area contributed by atoms with Gasteiger partial charge in [0, 0.05) is 31.7 Å². The minimum atomic E-state index is -0.337. The summed E-state index contributed by atoms with van der Waals surface area (Å²) in [5.74, 6) is 1.35. The van der Waals surface area contributed by atoms with Crippen LogP contribution < -0.4 is 5.32 Å². The van der Waals surface area contributed by atoms with Gasteiger partial charge in [-0.2, -0.15) is 0 Å². The SMILES string of the molecule is COC(=O)c1ccc(-c2ccc(CNCCN3CCOCC3)o2)cc1.Cl.Cl. The van der Waals surface area contributed by atoms with E-state index in [0.29, 0.717) is 12.1 Å². The summed E-state index contributed by atoms with van der Waals surface area (Å²) >= 11 is 0. The molecule has 2 heterocycles. The molecule has 0 amide bonds. The summed E-state index contributed by atoms with van der Waals surface area (Å²) in [5, 5.41) is 3.41. The average molecular weight is 417 g/mol. The molecule has 1 aromatic carbocycles. The van der Waals surface area contributed by atoms with Crippen LogP contribution >= 0.6 is 24.8 Å². The first-order chi connectivity index (χ1) is 12.3. The third kappa shape index (κ3) is 6.83. The van der Waals surface area contributed by atoms with Gasteiger partial charge in [-0.3, -0.25) is 4.90 Å². The maximum absolute atomic E-state index is 11.5. The van der Waals surface area contributed by atoms with E-state index in [1.807, 2.05) is 24.3 Å². The number of ether oxygens (including phenoxy) is 2. The minimum Gasteiger partial charge on any atom is -0.465 e. The maximum Gasteiger partial charge on any atom is 0.337 e. The Morgan fingerprint density at radius 2 is 1.81 bits per heavy atom. The summed E-state index contributed by atoms with van der Waals surface area (Å²) in [6, 6.07) is 11.1. The number of carbonyl (C=O) groups excluding carboxylic acids is 1. The third-order valence-corrected chi connectivity index (χ3v) is 4.26. The molecule has 1 saturated heterocycles. The Morgan fingerprint density at radius 1 is 1.11 bits per heavy atom. The second kappa shape index (κ2) is 12.0. The van der Waals surface area contributed by atoms with Crippen molar-refractivity contribution in [3.05, 3.63) is 47.7 Å². The highest BCUT2D eigenvalue weighted by Gasteiger charge is 2.10. The molecule has 3 rings (SSSR count). The van der Waals surface area contributed by atoms with Gasteiger partial charge < -0.3 is 19.2 Å². The number of nitrogens with one attached hydrogen (secondary N) is 1. The van der Waals surface area contributed by atoms with Crippen molar-refractivity contribution in [2.24, 2.45) is 0 Å². The Labute approximate surface area is 172 Å². The number of benzene rings is 1. The number of morpholine rings is 1. The molecule has 6 nitrogen and oxygen atoms in total. The van der Waals surface area contributed by atoms with E-state index in [2.05, 4.69) is 10.2 Å². The molecule has 1 aliphatic rings. The number of halogens is 2. The fraction of sp³-hybridized carbons (Fsp3) is 0.421.